The van der Waals surface area contributed by atoms with Crippen molar-refractivity contribution < 1.29 is 63.7 Å². The van der Waals surface area contributed by atoms with Crippen LogP contribution in [0.25, 0.3) is 0 Å². The van der Waals surface area contributed by atoms with E-state index < -0.39 is 64.0 Å². The molecule has 0 radical (unpaired) electrons. The summed E-state index contributed by atoms with van der Waals surface area (Å²) in [4.78, 5) is 27.9. The van der Waals surface area contributed by atoms with Crippen LogP contribution in [0.3, 0.4) is 0 Å². The number of phenolic OH excluding ortho intramolecular Hbond substituents is 1. The first kappa shape index (κ1) is 35.1. The summed E-state index contributed by atoms with van der Waals surface area (Å²) in [6.45, 7) is -0.694. The Labute approximate surface area is 254 Å². The zero-order valence-corrected chi connectivity index (χ0v) is 24.0. The Morgan fingerprint density at radius 2 is 1.60 bits per heavy atom. The van der Waals surface area contributed by atoms with Gasteiger partial charge in [-0.25, -0.2) is 4.39 Å². The lowest BCUT2D eigenvalue weighted by molar-refractivity contribution is -0.348. The first-order valence-corrected chi connectivity index (χ1v) is 12.9. The van der Waals surface area contributed by atoms with E-state index >= 15 is 0 Å². The van der Waals surface area contributed by atoms with E-state index in [2.05, 4.69) is 4.74 Å². The van der Waals surface area contributed by atoms with Crippen molar-refractivity contribution in [2.75, 3.05) is 23.9 Å². The minimum Gasteiger partial charge on any atom is -0.508 e. The smallest absolute Gasteiger partial charge is 0.435 e. The molecular formula is C28H22ClF9N2O5. The number of aromatic hydroxyl groups is 1. The molecule has 2 amide bonds. The third kappa shape index (κ3) is 6.84. The maximum absolute atomic E-state index is 14.7. The highest BCUT2D eigenvalue weighted by Crippen LogP contribution is 2.55. The second-order valence-electron chi connectivity index (χ2n) is 9.22. The third-order valence-electron chi connectivity index (χ3n) is 6.42. The number of halogens is 10. The summed E-state index contributed by atoms with van der Waals surface area (Å²) in [6.07, 6.45) is -13.2. The summed E-state index contributed by atoms with van der Waals surface area (Å²) in [5.41, 5.74) is -9.09. The van der Waals surface area contributed by atoms with Gasteiger partial charge in [-0.15, -0.1) is 0 Å². The lowest BCUT2D eigenvalue weighted by Gasteiger charge is -2.31. The fourth-order valence-electron chi connectivity index (χ4n) is 4.35. The molecule has 244 valence electrons. The summed E-state index contributed by atoms with van der Waals surface area (Å²) in [7, 11) is 1.11. The molecule has 0 aromatic heterocycles. The number of benzene rings is 3. The number of rotatable bonds is 9. The Bertz CT molecular complexity index is 1580. The van der Waals surface area contributed by atoms with Gasteiger partial charge in [0.05, 0.1) is 23.4 Å². The summed E-state index contributed by atoms with van der Waals surface area (Å²) in [5, 5.41) is 10.4. The molecule has 0 heterocycles. The number of hydrogen-bond donors (Lipinski definition) is 2. The Morgan fingerprint density at radius 1 is 0.978 bits per heavy atom. The van der Waals surface area contributed by atoms with Gasteiger partial charge in [0.25, 0.3) is 11.8 Å². The van der Waals surface area contributed by atoms with Crippen molar-refractivity contribution in [3.8, 4) is 17.2 Å². The molecule has 0 atom stereocenters. The molecule has 0 spiro atoms. The Hall–Kier alpha value is -4.34. The number of phenols is 1. The normalized spacial score (nSPS) is 12.2. The van der Waals surface area contributed by atoms with E-state index in [0.29, 0.717) is 5.56 Å². The number of carbonyl (C=O) groups excluding carboxylic acids is 2. The molecule has 7 nitrogen and oxygen atoms in total. The molecular weight excluding hydrogens is 651 g/mol. The van der Waals surface area contributed by atoms with E-state index in [4.69, 9.17) is 16.3 Å². The third-order valence-corrected chi connectivity index (χ3v) is 6.72. The van der Waals surface area contributed by atoms with Gasteiger partial charge in [-0.1, -0.05) is 17.7 Å². The molecule has 0 aliphatic carbocycles. The topological polar surface area (TPSA) is 88.1 Å². The van der Waals surface area contributed by atoms with Crippen LogP contribution >= 0.6 is 11.6 Å². The van der Waals surface area contributed by atoms with Crippen molar-refractivity contribution in [2.45, 2.75) is 38.5 Å². The molecule has 0 aliphatic rings. The van der Waals surface area contributed by atoms with Crippen molar-refractivity contribution >= 4 is 34.8 Å². The van der Waals surface area contributed by atoms with Crippen LogP contribution in [0.2, 0.25) is 5.02 Å². The van der Waals surface area contributed by atoms with Crippen molar-refractivity contribution in [3.63, 3.8) is 0 Å². The number of methoxy groups -OCH3 is 1. The van der Waals surface area contributed by atoms with Crippen LogP contribution in [0.1, 0.15) is 38.8 Å². The molecule has 17 heteroatoms. The fraction of sp³-hybridized carbons (Fsp3) is 0.286. The SMILES string of the molecule is CCN(C(=O)c1ccc(O)cc1C)c1cccc(C(=O)Nc2c(Cl)cc(C(F)(C(F)(F)F)C(F)(F)F)cc2OC(F)F)c1OC. The van der Waals surface area contributed by atoms with Crippen LogP contribution in [-0.2, 0) is 5.67 Å². The van der Waals surface area contributed by atoms with Crippen LogP contribution in [0, 0.1) is 6.92 Å². The monoisotopic (exact) mass is 672 g/mol. The van der Waals surface area contributed by atoms with Gasteiger partial charge < -0.3 is 24.8 Å². The summed E-state index contributed by atoms with van der Waals surface area (Å²) < 4.78 is 130. The molecule has 45 heavy (non-hydrogen) atoms. The zero-order valence-electron chi connectivity index (χ0n) is 23.2. The second-order valence-corrected chi connectivity index (χ2v) is 9.63. The van der Waals surface area contributed by atoms with E-state index in [1.165, 1.54) is 35.2 Å². The van der Waals surface area contributed by atoms with Gasteiger partial charge in [0.1, 0.15) is 11.4 Å². The summed E-state index contributed by atoms with van der Waals surface area (Å²) in [5.74, 6) is -3.70. The number of ether oxygens (including phenoxy) is 2. The maximum atomic E-state index is 14.7. The van der Waals surface area contributed by atoms with Crippen LogP contribution in [0.15, 0.2) is 48.5 Å². The van der Waals surface area contributed by atoms with Crippen LogP contribution in [0.5, 0.6) is 17.2 Å². The van der Waals surface area contributed by atoms with E-state index in [9.17, 15) is 54.2 Å². The zero-order chi connectivity index (χ0) is 34.1. The average Bonchev–Trinajstić information content (AvgIpc) is 2.92. The first-order chi connectivity index (χ1) is 20.8. The Kier molecular flexibility index (Phi) is 10.1. The molecule has 3 rings (SSSR count). The molecule has 3 aromatic carbocycles. The fourth-order valence-corrected chi connectivity index (χ4v) is 4.60. The van der Waals surface area contributed by atoms with E-state index in [0.717, 1.165) is 13.2 Å². The number of amides is 2. The average molecular weight is 673 g/mol. The predicted octanol–water partition coefficient (Wildman–Crippen LogP) is 8.17. The molecule has 3 aromatic rings. The van der Waals surface area contributed by atoms with Crippen molar-refractivity contribution in [1.29, 1.82) is 0 Å². The Balaban J connectivity index is 2.12. The first-order valence-electron chi connectivity index (χ1n) is 12.5. The predicted molar refractivity (Wildman–Crippen MR) is 144 cm³/mol. The molecule has 0 fully saturated rings. The number of anilines is 2. The minimum atomic E-state index is -6.60. The van der Waals surface area contributed by atoms with E-state index in [1.807, 2.05) is 5.32 Å². The highest BCUT2D eigenvalue weighted by molar-refractivity contribution is 6.34. The van der Waals surface area contributed by atoms with E-state index in [1.54, 1.807) is 13.8 Å². The van der Waals surface area contributed by atoms with Gasteiger partial charge in [0.2, 0.25) is 0 Å². The lowest BCUT2D eigenvalue weighted by atomic mass is 9.93. The summed E-state index contributed by atoms with van der Waals surface area (Å²) >= 11 is 5.83. The molecule has 0 aliphatic heterocycles. The minimum absolute atomic E-state index is 0.0175. The Morgan fingerprint density at radius 3 is 2.11 bits per heavy atom. The van der Waals surface area contributed by atoms with Crippen molar-refractivity contribution in [1.82, 2.24) is 0 Å². The molecule has 0 unspecified atom stereocenters. The van der Waals surface area contributed by atoms with E-state index in [-0.39, 0.29) is 41.4 Å². The number of alkyl halides is 9. The molecule has 0 saturated carbocycles. The van der Waals surface area contributed by atoms with Crippen LogP contribution < -0.4 is 19.7 Å². The molecule has 2 N–H and O–H groups in total. The van der Waals surface area contributed by atoms with Gasteiger partial charge in [-0.3, -0.25) is 9.59 Å². The van der Waals surface area contributed by atoms with Crippen LogP contribution in [0.4, 0.5) is 50.9 Å². The largest absolute Gasteiger partial charge is 0.508 e. The number of nitrogens with zero attached hydrogens (tertiary/aromatic N) is 1. The van der Waals surface area contributed by atoms with Gasteiger partial charge in [0.15, 0.2) is 11.5 Å². The van der Waals surface area contributed by atoms with Gasteiger partial charge in [0, 0.05) is 17.7 Å². The quantitative estimate of drug-likeness (QED) is 0.224. The maximum Gasteiger partial charge on any atom is 0.435 e. The van der Waals surface area contributed by atoms with Gasteiger partial charge >= 0.3 is 24.6 Å². The highest BCUT2D eigenvalue weighted by atomic mass is 35.5. The number of para-hydroxylation sites is 1. The van der Waals surface area contributed by atoms with Crippen LogP contribution in [-0.4, -0.2) is 49.5 Å². The molecule has 0 saturated heterocycles. The highest BCUT2D eigenvalue weighted by Gasteiger charge is 2.73. The number of carbonyl (C=O) groups is 2. The number of nitrogens with one attached hydrogen (secondary N) is 1. The molecule has 0 bridgehead atoms. The lowest BCUT2D eigenvalue weighted by Crippen LogP contribution is -2.50. The summed E-state index contributed by atoms with van der Waals surface area (Å²) in [6, 6.07) is 7.34. The van der Waals surface area contributed by atoms with Gasteiger partial charge in [-0.2, -0.15) is 35.1 Å². The second kappa shape index (κ2) is 12.9. The van der Waals surface area contributed by atoms with Crippen molar-refractivity contribution in [2.24, 2.45) is 0 Å². The number of hydrogen-bond acceptors (Lipinski definition) is 5. The number of aryl methyl sites for hydroxylation is 1. The standard InChI is InChI=1S/C28H22ClF9N2O5/c1-4-40(24(43)16-9-8-15(41)10-13(16)2)19-7-5-6-17(22(19)44-3)23(42)39-21-18(29)11-14(12-20(21)45-25(30)31)26(32,27(33,34)35)28(36,37)38/h5-12,25,41H,4H2,1-3H3,(H,39,42). The van der Waals surface area contributed by atoms with Gasteiger partial charge in [-0.05, 0) is 61.9 Å². The van der Waals surface area contributed by atoms with Crippen molar-refractivity contribution in [3.05, 3.63) is 75.8 Å².